The van der Waals surface area contributed by atoms with Crippen LogP contribution in [0.1, 0.15) is 42.2 Å². The van der Waals surface area contributed by atoms with Gasteiger partial charge in [0.05, 0.1) is 5.52 Å². The Kier molecular flexibility index (Phi) is 3.68. The Hall–Kier alpha value is -1.88. The lowest BCUT2D eigenvalue weighted by molar-refractivity contribution is 0.0579. The number of piperidine rings is 1. The molecule has 0 spiro atoms. The zero-order valence-corrected chi connectivity index (χ0v) is 12.6. The summed E-state index contributed by atoms with van der Waals surface area (Å²) >= 11 is 0. The summed E-state index contributed by atoms with van der Waals surface area (Å²) in [7, 11) is 0. The summed E-state index contributed by atoms with van der Waals surface area (Å²) in [6.07, 6.45) is 3.15. The summed E-state index contributed by atoms with van der Waals surface area (Å²) in [6, 6.07) is 6.09. The summed E-state index contributed by atoms with van der Waals surface area (Å²) in [6.45, 7) is 4.76. The number of aromatic amines is 1. The van der Waals surface area contributed by atoms with Crippen molar-refractivity contribution in [2.45, 2.75) is 45.2 Å². The summed E-state index contributed by atoms with van der Waals surface area (Å²) < 4.78 is 0. The van der Waals surface area contributed by atoms with Crippen molar-refractivity contribution in [3.8, 4) is 0 Å². The van der Waals surface area contributed by atoms with E-state index < -0.39 is 0 Å². The predicted octanol–water partition coefficient (Wildman–Crippen LogP) is 2.21. The van der Waals surface area contributed by atoms with E-state index in [9.17, 15) is 4.79 Å². The number of hydrogen-bond donors (Lipinski definition) is 2. The first kappa shape index (κ1) is 14.1. The van der Waals surface area contributed by atoms with E-state index >= 15 is 0 Å². The number of fused-ring (bicyclic) bond motifs is 1. The Balaban J connectivity index is 1.97. The van der Waals surface area contributed by atoms with Crippen molar-refractivity contribution in [3.05, 3.63) is 29.5 Å². The molecule has 3 rings (SSSR count). The number of carbonyl (C=O) groups is 1. The average molecular weight is 286 g/mol. The SMILES string of the molecule is Cc1ccc2[nH]nc(C(=O)N3CCCC[C@H]3[C@@H](C)N)c2c1. The minimum Gasteiger partial charge on any atom is -0.333 e. The van der Waals surface area contributed by atoms with Crippen LogP contribution in [0.4, 0.5) is 0 Å². The molecule has 2 aromatic rings. The van der Waals surface area contributed by atoms with Gasteiger partial charge < -0.3 is 10.6 Å². The molecule has 0 unspecified atom stereocenters. The number of rotatable bonds is 2. The quantitative estimate of drug-likeness (QED) is 0.888. The zero-order valence-electron chi connectivity index (χ0n) is 12.6. The number of nitrogens with two attached hydrogens (primary N) is 1. The van der Waals surface area contributed by atoms with Crippen LogP contribution in [0.2, 0.25) is 0 Å². The maximum Gasteiger partial charge on any atom is 0.275 e. The molecule has 1 aromatic heterocycles. The van der Waals surface area contributed by atoms with Gasteiger partial charge in [0.1, 0.15) is 0 Å². The molecule has 0 bridgehead atoms. The molecule has 0 saturated carbocycles. The molecule has 5 heteroatoms. The van der Waals surface area contributed by atoms with Crippen LogP contribution < -0.4 is 5.73 Å². The predicted molar refractivity (Wildman–Crippen MR) is 83.2 cm³/mol. The fraction of sp³-hybridized carbons (Fsp3) is 0.500. The van der Waals surface area contributed by atoms with Crippen molar-refractivity contribution in [2.24, 2.45) is 5.73 Å². The Bertz CT molecular complexity index is 661. The zero-order chi connectivity index (χ0) is 15.0. The van der Waals surface area contributed by atoms with Gasteiger partial charge in [-0.3, -0.25) is 9.89 Å². The van der Waals surface area contributed by atoms with E-state index in [0.717, 1.165) is 42.3 Å². The van der Waals surface area contributed by atoms with Gasteiger partial charge in [0.25, 0.3) is 5.91 Å². The second-order valence-electron chi connectivity index (χ2n) is 6.04. The highest BCUT2D eigenvalue weighted by molar-refractivity contribution is 6.05. The first-order chi connectivity index (χ1) is 10.1. The lowest BCUT2D eigenvalue weighted by Gasteiger charge is -2.37. The molecule has 3 N–H and O–H groups in total. The summed E-state index contributed by atoms with van der Waals surface area (Å²) in [5.41, 5.74) is 8.60. The molecule has 1 aliphatic rings. The van der Waals surface area contributed by atoms with Crippen molar-refractivity contribution in [1.82, 2.24) is 15.1 Å². The third kappa shape index (κ3) is 2.53. The first-order valence-corrected chi connectivity index (χ1v) is 7.59. The van der Waals surface area contributed by atoms with E-state index in [1.165, 1.54) is 0 Å². The van der Waals surface area contributed by atoms with Crippen LogP contribution in [0.3, 0.4) is 0 Å². The molecule has 1 aliphatic heterocycles. The Morgan fingerprint density at radius 2 is 2.29 bits per heavy atom. The molecule has 21 heavy (non-hydrogen) atoms. The van der Waals surface area contributed by atoms with Crippen LogP contribution in [0.25, 0.3) is 10.9 Å². The van der Waals surface area contributed by atoms with Crippen LogP contribution in [-0.4, -0.2) is 39.6 Å². The molecule has 1 fully saturated rings. The van der Waals surface area contributed by atoms with E-state index in [1.807, 2.05) is 36.9 Å². The molecule has 112 valence electrons. The third-order valence-corrected chi connectivity index (χ3v) is 4.34. The monoisotopic (exact) mass is 286 g/mol. The second kappa shape index (κ2) is 5.48. The normalized spacial score (nSPS) is 20.7. The maximum absolute atomic E-state index is 12.9. The molecule has 2 atom stereocenters. The van der Waals surface area contributed by atoms with Crippen LogP contribution in [0.15, 0.2) is 18.2 Å². The number of H-pyrrole nitrogens is 1. The second-order valence-corrected chi connectivity index (χ2v) is 6.04. The van der Waals surface area contributed by atoms with Gasteiger partial charge in [-0.2, -0.15) is 5.10 Å². The van der Waals surface area contributed by atoms with E-state index in [1.54, 1.807) is 0 Å². The lowest BCUT2D eigenvalue weighted by Crippen LogP contribution is -2.51. The minimum atomic E-state index is -0.0128. The number of benzene rings is 1. The number of aromatic nitrogens is 2. The Labute approximate surface area is 124 Å². The number of hydrogen-bond acceptors (Lipinski definition) is 3. The van der Waals surface area contributed by atoms with Gasteiger partial charge >= 0.3 is 0 Å². The molecule has 5 nitrogen and oxygen atoms in total. The summed E-state index contributed by atoms with van der Waals surface area (Å²) in [5.74, 6) is -0.00569. The van der Waals surface area contributed by atoms with Crippen molar-refractivity contribution in [3.63, 3.8) is 0 Å². The smallest absolute Gasteiger partial charge is 0.275 e. The molecular weight excluding hydrogens is 264 g/mol. The lowest BCUT2D eigenvalue weighted by atomic mass is 9.96. The number of nitrogens with zero attached hydrogens (tertiary/aromatic N) is 2. The Morgan fingerprint density at radius 3 is 3.05 bits per heavy atom. The largest absolute Gasteiger partial charge is 0.333 e. The topological polar surface area (TPSA) is 75.0 Å². The highest BCUT2D eigenvalue weighted by Crippen LogP contribution is 2.24. The van der Waals surface area contributed by atoms with Crippen LogP contribution >= 0.6 is 0 Å². The number of nitrogens with one attached hydrogen (secondary N) is 1. The summed E-state index contributed by atoms with van der Waals surface area (Å²) in [5, 5.41) is 8.10. The van der Waals surface area contributed by atoms with E-state index in [4.69, 9.17) is 5.73 Å². The number of likely N-dealkylation sites (tertiary alicyclic amines) is 1. The highest BCUT2D eigenvalue weighted by Gasteiger charge is 2.31. The molecule has 1 saturated heterocycles. The van der Waals surface area contributed by atoms with E-state index in [-0.39, 0.29) is 18.0 Å². The van der Waals surface area contributed by atoms with Gasteiger partial charge in [-0.05, 0) is 45.2 Å². The van der Waals surface area contributed by atoms with Crippen LogP contribution in [0, 0.1) is 6.92 Å². The fourth-order valence-electron chi connectivity index (χ4n) is 3.18. The third-order valence-electron chi connectivity index (χ3n) is 4.34. The Morgan fingerprint density at radius 1 is 1.48 bits per heavy atom. The first-order valence-electron chi connectivity index (χ1n) is 7.59. The van der Waals surface area contributed by atoms with Crippen molar-refractivity contribution in [1.29, 1.82) is 0 Å². The van der Waals surface area contributed by atoms with Gasteiger partial charge in [-0.25, -0.2) is 0 Å². The molecular formula is C16H22N4O. The number of aryl methyl sites for hydroxylation is 1. The fourth-order valence-corrected chi connectivity index (χ4v) is 3.18. The van der Waals surface area contributed by atoms with Crippen LogP contribution in [0.5, 0.6) is 0 Å². The number of amides is 1. The molecule has 1 amide bonds. The van der Waals surface area contributed by atoms with Gasteiger partial charge in [-0.1, -0.05) is 11.6 Å². The molecule has 2 heterocycles. The van der Waals surface area contributed by atoms with Crippen LogP contribution in [-0.2, 0) is 0 Å². The standard InChI is InChI=1S/C16H22N4O/c1-10-6-7-13-12(9-10)15(19-18-13)16(21)20-8-4-3-5-14(20)11(2)17/h6-7,9,11,14H,3-5,8,17H2,1-2H3,(H,18,19)/t11-,14+/m1/s1. The average Bonchev–Trinajstić information content (AvgIpc) is 2.89. The van der Waals surface area contributed by atoms with Gasteiger partial charge in [0.15, 0.2) is 5.69 Å². The van der Waals surface area contributed by atoms with E-state index in [2.05, 4.69) is 10.2 Å². The number of carbonyl (C=O) groups excluding carboxylic acids is 1. The van der Waals surface area contributed by atoms with E-state index in [0.29, 0.717) is 5.69 Å². The van der Waals surface area contributed by atoms with Crippen molar-refractivity contribution in [2.75, 3.05) is 6.54 Å². The molecule has 0 aliphatic carbocycles. The van der Waals surface area contributed by atoms with Gasteiger partial charge in [-0.15, -0.1) is 0 Å². The van der Waals surface area contributed by atoms with Crippen molar-refractivity contribution >= 4 is 16.8 Å². The van der Waals surface area contributed by atoms with Gasteiger partial charge in [0, 0.05) is 24.0 Å². The van der Waals surface area contributed by atoms with Crippen molar-refractivity contribution < 1.29 is 4.79 Å². The molecule has 1 aromatic carbocycles. The maximum atomic E-state index is 12.9. The summed E-state index contributed by atoms with van der Waals surface area (Å²) in [4.78, 5) is 14.8. The highest BCUT2D eigenvalue weighted by atomic mass is 16.2. The minimum absolute atomic E-state index is 0.00569. The van der Waals surface area contributed by atoms with Gasteiger partial charge in [0.2, 0.25) is 0 Å². The molecule has 0 radical (unpaired) electrons.